The molecule has 0 saturated carbocycles. The van der Waals surface area contributed by atoms with Crippen molar-refractivity contribution in [3.05, 3.63) is 76.2 Å². The van der Waals surface area contributed by atoms with Crippen molar-refractivity contribution in [2.45, 2.75) is 32.3 Å². The van der Waals surface area contributed by atoms with E-state index < -0.39 is 5.97 Å². The Hall–Kier alpha value is -3.32. The van der Waals surface area contributed by atoms with Crippen LogP contribution in [0, 0.1) is 0 Å². The Morgan fingerprint density at radius 3 is 2.34 bits per heavy atom. The van der Waals surface area contributed by atoms with E-state index in [1.807, 2.05) is 30.3 Å². The Morgan fingerprint density at radius 2 is 1.62 bits per heavy atom. The Kier molecular flexibility index (Phi) is 7.07. The van der Waals surface area contributed by atoms with E-state index in [-0.39, 0.29) is 12.5 Å². The summed E-state index contributed by atoms with van der Waals surface area (Å²) in [7, 11) is 1.36. The molecule has 1 amide bonds. The van der Waals surface area contributed by atoms with Gasteiger partial charge in [-0.2, -0.15) is 0 Å². The Labute approximate surface area is 191 Å². The molecule has 1 aliphatic carbocycles. The number of anilines is 1. The molecule has 0 atom stereocenters. The van der Waals surface area contributed by atoms with Gasteiger partial charge in [0.15, 0.2) is 6.61 Å². The van der Waals surface area contributed by atoms with Gasteiger partial charge in [-0.3, -0.25) is 4.79 Å². The van der Waals surface area contributed by atoms with E-state index in [2.05, 4.69) is 5.32 Å². The van der Waals surface area contributed by atoms with Crippen LogP contribution in [-0.4, -0.2) is 25.6 Å². The van der Waals surface area contributed by atoms with Gasteiger partial charge in [0.2, 0.25) is 0 Å². The van der Waals surface area contributed by atoms with E-state index in [9.17, 15) is 9.59 Å². The first-order valence-electron chi connectivity index (χ1n) is 10.6. The smallest absolute Gasteiger partial charge is 0.341 e. The maximum Gasteiger partial charge on any atom is 0.341 e. The molecule has 1 aromatic heterocycles. The zero-order valence-electron chi connectivity index (χ0n) is 17.9. The fraction of sp³-hybridized carbons (Fsp3) is 0.280. The molecule has 6 nitrogen and oxygen atoms in total. The summed E-state index contributed by atoms with van der Waals surface area (Å²) in [6.45, 7) is 0.324. The second-order valence-corrected chi connectivity index (χ2v) is 8.59. The molecule has 4 rings (SSSR count). The summed E-state index contributed by atoms with van der Waals surface area (Å²) in [6, 6.07) is 17.1. The Bertz CT molecular complexity index is 1080. The van der Waals surface area contributed by atoms with E-state index >= 15 is 0 Å². The maximum absolute atomic E-state index is 12.5. The second kappa shape index (κ2) is 10.3. The molecule has 166 valence electrons. The number of rotatable bonds is 8. The summed E-state index contributed by atoms with van der Waals surface area (Å²) in [5.74, 6) is 0.549. The second-order valence-electron chi connectivity index (χ2n) is 7.49. The summed E-state index contributed by atoms with van der Waals surface area (Å²) in [4.78, 5) is 25.9. The third-order valence-electron chi connectivity index (χ3n) is 5.26. The number of hydrogen-bond donors (Lipinski definition) is 1. The van der Waals surface area contributed by atoms with Crippen LogP contribution in [0.5, 0.6) is 11.5 Å². The van der Waals surface area contributed by atoms with Crippen molar-refractivity contribution >= 4 is 28.2 Å². The molecule has 0 unspecified atom stereocenters. The van der Waals surface area contributed by atoms with E-state index in [0.717, 1.165) is 47.4 Å². The number of aryl methyl sites for hydroxylation is 1. The number of methoxy groups -OCH3 is 1. The quantitative estimate of drug-likeness (QED) is 0.488. The summed E-state index contributed by atoms with van der Waals surface area (Å²) < 4.78 is 16.3. The van der Waals surface area contributed by atoms with Gasteiger partial charge in [-0.15, -0.1) is 11.3 Å². The van der Waals surface area contributed by atoms with Gasteiger partial charge < -0.3 is 19.5 Å². The van der Waals surface area contributed by atoms with Crippen LogP contribution in [0.3, 0.4) is 0 Å². The minimum atomic E-state index is -0.410. The van der Waals surface area contributed by atoms with Crippen LogP contribution in [0.1, 0.15) is 39.2 Å². The topological polar surface area (TPSA) is 73.9 Å². The third kappa shape index (κ3) is 5.29. The molecule has 32 heavy (non-hydrogen) atoms. The summed E-state index contributed by atoms with van der Waals surface area (Å²) in [5, 5.41) is 3.38. The van der Waals surface area contributed by atoms with E-state index in [1.54, 1.807) is 24.3 Å². The zero-order chi connectivity index (χ0) is 22.3. The zero-order valence-corrected chi connectivity index (χ0v) is 18.7. The number of carbonyl (C=O) groups excluding carboxylic acids is 2. The van der Waals surface area contributed by atoms with Crippen molar-refractivity contribution < 1.29 is 23.8 Å². The van der Waals surface area contributed by atoms with Crippen molar-refractivity contribution in [1.82, 2.24) is 0 Å². The fourth-order valence-corrected chi connectivity index (χ4v) is 4.95. The molecule has 0 radical (unpaired) electrons. The van der Waals surface area contributed by atoms with Crippen LogP contribution in [0.2, 0.25) is 0 Å². The number of amides is 1. The van der Waals surface area contributed by atoms with E-state index in [4.69, 9.17) is 14.2 Å². The molecule has 0 fully saturated rings. The number of nitrogens with one attached hydrogen (secondary N) is 1. The number of hydrogen-bond acceptors (Lipinski definition) is 6. The summed E-state index contributed by atoms with van der Waals surface area (Å²) >= 11 is 1.46. The fourth-order valence-electron chi connectivity index (χ4n) is 3.66. The molecule has 1 heterocycles. The van der Waals surface area contributed by atoms with Gasteiger partial charge in [0, 0.05) is 4.88 Å². The van der Waals surface area contributed by atoms with Crippen LogP contribution in [0.15, 0.2) is 54.6 Å². The molecular weight excluding hydrogens is 426 g/mol. The monoisotopic (exact) mass is 451 g/mol. The highest BCUT2D eigenvalue weighted by molar-refractivity contribution is 7.17. The van der Waals surface area contributed by atoms with E-state index in [0.29, 0.717) is 22.9 Å². The highest BCUT2D eigenvalue weighted by atomic mass is 32.1. The SMILES string of the molecule is COC(=O)c1c(NC(=O)COc2ccc(OCc3ccccc3)cc2)sc2c1CCCC2. The van der Waals surface area contributed by atoms with Gasteiger partial charge in [0.25, 0.3) is 5.91 Å². The maximum atomic E-state index is 12.5. The Morgan fingerprint density at radius 1 is 0.938 bits per heavy atom. The average molecular weight is 452 g/mol. The van der Waals surface area contributed by atoms with Gasteiger partial charge in [-0.05, 0) is 61.1 Å². The average Bonchev–Trinajstić information content (AvgIpc) is 3.20. The van der Waals surface area contributed by atoms with Crippen molar-refractivity contribution in [3.8, 4) is 11.5 Å². The largest absolute Gasteiger partial charge is 0.489 e. The molecule has 0 saturated heterocycles. The minimum absolute atomic E-state index is 0.159. The standard InChI is InChI=1S/C25H25NO5S/c1-29-25(28)23-20-9-5-6-10-21(20)32-24(23)26-22(27)16-31-19-13-11-18(12-14-19)30-15-17-7-3-2-4-8-17/h2-4,7-8,11-14H,5-6,9-10,15-16H2,1H3,(H,26,27). The van der Waals surface area contributed by atoms with Crippen LogP contribution >= 0.6 is 11.3 Å². The lowest BCUT2D eigenvalue weighted by atomic mass is 9.95. The lowest BCUT2D eigenvalue weighted by Crippen LogP contribution is -2.21. The lowest BCUT2D eigenvalue weighted by Gasteiger charge is -2.12. The molecule has 1 aliphatic rings. The number of benzene rings is 2. The van der Waals surface area contributed by atoms with Crippen LogP contribution < -0.4 is 14.8 Å². The van der Waals surface area contributed by atoms with Crippen molar-refractivity contribution in [1.29, 1.82) is 0 Å². The van der Waals surface area contributed by atoms with Crippen LogP contribution in [-0.2, 0) is 29.0 Å². The third-order valence-corrected chi connectivity index (χ3v) is 6.46. The van der Waals surface area contributed by atoms with Gasteiger partial charge >= 0.3 is 5.97 Å². The Balaban J connectivity index is 1.32. The van der Waals surface area contributed by atoms with Crippen LogP contribution in [0.25, 0.3) is 0 Å². The molecule has 1 N–H and O–H groups in total. The molecule has 0 bridgehead atoms. The first kappa shape index (κ1) is 21.9. The number of esters is 1. The van der Waals surface area contributed by atoms with Gasteiger partial charge in [0.1, 0.15) is 23.1 Å². The van der Waals surface area contributed by atoms with Crippen LogP contribution in [0.4, 0.5) is 5.00 Å². The van der Waals surface area contributed by atoms with Gasteiger partial charge in [-0.25, -0.2) is 4.79 Å². The van der Waals surface area contributed by atoms with Crippen molar-refractivity contribution in [2.24, 2.45) is 0 Å². The van der Waals surface area contributed by atoms with Crippen molar-refractivity contribution in [3.63, 3.8) is 0 Å². The minimum Gasteiger partial charge on any atom is -0.489 e. The van der Waals surface area contributed by atoms with Gasteiger partial charge in [-0.1, -0.05) is 30.3 Å². The number of carbonyl (C=O) groups is 2. The summed E-state index contributed by atoms with van der Waals surface area (Å²) in [6.07, 6.45) is 3.89. The number of fused-ring (bicyclic) bond motifs is 1. The molecule has 3 aromatic rings. The predicted molar refractivity (Wildman–Crippen MR) is 124 cm³/mol. The van der Waals surface area contributed by atoms with Gasteiger partial charge in [0.05, 0.1) is 12.7 Å². The summed E-state index contributed by atoms with van der Waals surface area (Å²) in [5.41, 5.74) is 2.59. The molecule has 7 heteroatoms. The molecule has 0 aliphatic heterocycles. The highest BCUT2D eigenvalue weighted by Gasteiger charge is 2.26. The van der Waals surface area contributed by atoms with E-state index in [1.165, 1.54) is 18.4 Å². The number of thiophene rings is 1. The first-order chi connectivity index (χ1) is 15.6. The molecule has 0 spiro atoms. The first-order valence-corrected chi connectivity index (χ1v) is 11.4. The molecule has 2 aromatic carbocycles. The highest BCUT2D eigenvalue weighted by Crippen LogP contribution is 2.38. The lowest BCUT2D eigenvalue weighted by molar-refractivity contribution is -0.118. The normalized spacial score (nSPS) is 12.5. The molecular formula is C25H25NO5S. The predicted octanol–water partition coefficient (Wildman–Crippen LogP) is 5.01. The van der Waals surface area contributed by atoms with Crippen molar-refractivity contribution in [2.75, 3.05) is 19.0 Å². The number of ether oxygens (including phenoxy) is 3.